The van der Waals surface area contributed by atoms with Crippen molar-refractivity contribution in [1.29, 1.82) is 0 Å². The third-order valence-electron chi connectivity index (χ3n) is 12.6. The van der Waals surface area contributed by atoms with Crippen LogP contribution in [-0.2, 0) is 14.3 Å². The average molecular weight is 848 g/mol. The topological polar surface area (TPSA) is 95.9 Å². The second-order valence-corrected chi connectivity index (χ2v) is 18.6. The van der Waals surface area contributed by atoms with Crippen LogP contribution in [0.15, 0.2) is 12.2 Å². The molecule has 0 rings (SSSR count). The molecule has 0 aromatic carbocycles. The number of nitrogens with one attached hydrogen (secondary N) is 1. The highest BCUT2D eigenvalue weighted by molar-refractivity contribution is 5.77. The van der Waals surface area contributed by atoms with Gasteiger partial charge in [-0.3, -0.25) is 9.59 Å². The molecule has 0 bridgehead atoms. The molecule has 0 aromatic rings. The Labute approximate surface area is 374 Å². The SMILES string of the molecule is CCCCC/C=C\CCCCCC(CC(=O)NC(CO)C(O)CCCCCCCCCCCCCC)OC(=O)CCCCCCCCCCCCCCCCCCCCC. The Hall–Kier alpha value is -1.40. The molecule has 0 heterocycles. The summed E-state index contributed by atoms with van der Waals surface area (Å²) in [6, 6.07) is -0.699. The maximum Gasteiger partial charge on any atom is 0.306 e. The number of unbranched alkanes of at least 4 members (excludes halogenated alkanes) is 35. The zero-order chi connectivity index (χ0) is 43.8. The molecule has 0 aliphatic heterocycles. The average Bonchev–Trinajstić information content (AvgIpc) is 3.24. The number of carbonyl (C=O) groups is 2. The molecule has 0 aromatic heterocycles. The predicted molar refractivity (Wildman–Crippen MR) is 260 cm³/mol. The van der Waals surface area contributed by atoms with E-state index in [2.05, 4.69) is 38.2 Å². The van der Waals surface area contributed by atoms with Gasteiger partial charge in [0.2, 0.25) is 5.91 Å². The molecule has 1 amide bonds. The van der Waals surface area contributed by atoms with Crippen molar-refractivity contribution in [2.24, 2.45) is 0 Å². The van der Waals surface area contributed by atoms with Gasteiger partial charge in [0.05, 0.1) is 25.2 Å². The van der Waals surface area contributed by atoms with E-state index in [0.717, 1.165) is 64.2 Å². The van der Waals surface area contributed by atoms with Gasteiger partial charge in [-0.2, -0.15) is 0 Å². The predicted octanol–water partition coefficient (Wildman–Crippen LogP) is 16.1. The molecule has 3 atom stereocenters. The van der Waals surface area contributed by atoms with E-state index in [-0.39, 0.29) is 24.9 Å². The highest BCUT2D eigenvalue weighted by Gasteiger charge is 2.24. The number of esters is 1. The molecule has 356 valence electrons. The summed E-state index contributed by atoms with van der Waals surface area (Å²) in [5.41, 5.74) is 0. The van der Waals surface area contributed by atoms with E-state index in [1.165, 1.54) is 186 Å². The monoisotopic (exact) mass is 848 g/mol. The summed E-state index contributed by atoms with van der Waals surface area (Å²) >= 11 is 0. The van der Waals surface area contributed by atoms with E-state index in [1.54, 1.807) is 0 Å². The lowest BCUT2D eigenvalue weighted by Crippen LogP contribution is -2.46. The van der Waals surface area contributed by atoms with Crippen molar-refractivity contribution in [2.45, 2.75) is 315 Å². The summed E-state index contributed by atoms with van der Waals surface area (Å²) in [6.45, 7) is 6.48. The molecule has 0 aliphatic rings. The Balaban J connectivity index is 4.40. The number of allylic oxidation sites excluding steroid dienone is 2. The van der Waals surface area contributed by atoms with E-state index < -0.39 is 18.2 Å². The minimum atomic E-state index is -0.785. The second-order valence-electron chi connectivity index (χ2n) is 18.6. The minimum Gasteiger partial charge on any atom is -0.462 e. The van der Waals surface area contributed by atoms with Crippen LogP contribution < -0.4 is 5.32 Å². The van der Waals surface area contributed by atoms with Gasteiger partial charge in [-0.25, -0.2) is 0 Å². The Kier molecular flexibility index (Phi) is 47.5. The van der Waals surface area contributed by atoms with Crippen LogP contribution in [0.4, 0.5) is 0 Å². The first kappa shape index (κ1) is 58.6. The van der Waals surface area contributed by atoms with Crippen LogP contribution in [0.1, 0.15) is 297 Å². The van der Waals surface area contributed by atoms with Crippen molar-refractivity contribution in [3.05, 3.63) is 12.2 Å². The summed E-state index contributed by atoms with van der Waals surface area (Å²) in [6.07, 6.45) is 54.3. The first-order valence-corrected chi connectivity index (χ1v) is 26.9. The molecule has 0 aliphatic carbocycles. The summed E-state index contributed by atoms with van der Waals surface area (Å²) in [4.78, 5) is 26.1. The summed E-state index contributed by atoms with van der Waals surface area (Å²) < 4.78 is 5.93. The van der Waals surface area contributed by atoms with Gasteiger partial charge in [0.25, 0.3) is 0 Å². The fourth-order valence-corrected chi connectivity index (χ4v) is 8.49. The van der Waals surface area contributed by atoms with Crippen molar-refractivity contribution in [1.82, 2.24) is 5.32 Å². The van der Waals surface area contributed by atoms with Crippen LogP contribution in [-0.4, -0.2) is 46.9 Å². The summed E-state index contributed by atoms with van der Waals surface area (Å²) in [7, 11) is 0. The van der Waals surface area contributed by atoms with Crippen molar-refractivity contribution in [3.63, 3.8) is 0 Å². The molecule has 6 heteroatoms. The lowest BCUT2D eigenvalue weighted by atomic mass is 10.0. The molecular formula is C54H105NO5. The van der Waals surface area contributed by atoms with Crippen LogP contribution in [0.25, 0.3) is 0 Å². The van der Waals surface area contributed by atoms with E-state index in [0.29, 0.717) is 19.3 Å². The number of aliphatic hydroxyl groups is 2. The molecule has 3 N–H and O–H groups in total. The Morgan fingerprint density at radius 3 is 1.22 bits per heavy atom. The highest BCUT2D eigenvalue weighted by Crippen LogP contribution is 2.18. The summed E-state index contributed by atoms with van der Waals surface area (Å²) in [5, 5.41) is 23.7. The molecule has 60 heavy (non-hydrogen) atoms. The van der Waals surface area contributed by atoms with Gasteiger partial charge < -0.3 is 20.3 Å². The van der Waals surface area contributed by atoms with Crippen LogP contribution >= 0.6 is 0 Å². The molecule has 0 saturated heterocycles. The fraction of sp³-hybridized carbons (Fsp3) is 0.926. The Morgan fingerprint density at radius 2 is 0.800 bits per heavy atom. The van der Waals surface area contributed by atoms with Gasteiger partial charge >= 0.3 is 5.97 Å². The van der Waals surface area contributed by atoms with Crippen molar-refractivity contribution < 1.29 is 24.5 Å². The molecule has 0 saturated carbocycles. The normalized spacial score (nSPS) is 13.2. The van der Waals surface area contributed by atoms with Gasteiger partial charge in [0, 0.05) is 6.42 Å². The number of rotatable bonds is 49. The van der Waals surface area contributed by atoms with E-state index >= 15 is 0 Å². The van der Waals surface area contributed by atoms with E-state index in [1.807, 2.05) is 0 Å². The highest BCUT2D eigenvalue weighted by atomic mass is 16.5. The largest absolute Gasteiger partial charge is 0.462 e. The first-order valence-electron chi connectivity index (χ1n) is 26.9. The van der Waals surface area contributed by atoms with Crippen molar-refractivity contribution in [3.8, 4) is 0 Å². The smallest absolute Gasteiger partial charge is 0.306 e. The van der Waals surface area contributed by atoms with Crippen LogP contribution in [0.3, 0.4) is 0 Å². The van der Waals surface area contributed by atoms with Gasteiger partial charge in [-0.1, -0.05) is 245 Å². The van der Waals surface area contributed by atoms with Crippen molar-refractivity contribution >= 4 is 11.9 Å². The lowest BCUT2D eigenvalue weighted by molar-refractivity contribution is -0.151. The zero-order valence-electron chi connectivity index (χ0n) is 40.6. The number of aliphatic hydroxyl groups excluding tert-OH is 2. The van der Waals surface area contributed by atoms with Crippen LogP contribution in [0, 0.1) is 0 Å². The lowest BCUT2D eigenvalue weighted by Gasteiger charge is -2.24. The minimum absolute atomic E-state index is 0.0735. The third kappa shape index (κ3) is 43.3. The zero-order valence-corrected chi connectivity index (χ0v) is 40.6. The van der Waals surface area contributed by atoms with Gasteiger partial charge in [0.15, 0.2) is 0 Å². The standard InChI is InChI=1S/C54H105NO5/c1-4-7-10-13-16-19-22-24-25-26-27-28-29-30-32-35-38-41-44-47-54(59)60-50(45-42-39-36-33-21-18-15-12-9-6-3)48-53(58)55-51(49-56)52(57)46-43-40-37-34-31-23-20-17-14-11-8-5-2/h18,21,50-52,56-57H,4-17,19-20,22-49H2,1-3H3,(H,55,58)/b21-18-. The molecular weight excluding hydrogens is 743 g/mol. The number of ether oxygens (including phenoxy) is 1. The first-order chi connectivity index (χ1) is 29.5. The quantitative estimate of drug-likeness (QED) is 0.0322. The van der Waals surface area contributed by atoms with Crippen LogP contribution in [0.5, 0.6) is 0 Å². The van der Waals surface area contributed by atoms with Gasteiger partial charge in [-0.05, 0) is 51.4 Å². The Bertz CT molecular complexity index is 909. The van der Waals surface area contributed by atoms with Gasteiger partial charge in [0.1, 0.15) is 6.10 Å². The number of carbonyl (C=O) groups excluding carboxylic acids is 2. The maximum absolute atomic E-state index is 13.2. The summed E-state index contributed by atoms with van der Waals surface area (Å²) in [5.74, 6) is -0.473. The van der Waals surface area contributed by atoms with Gasteiger partial charge in [-0.15, -0.1) is 0 Å². The number of hydrogen-bond donors (Lipinski definition) is 3. The van der Waals surface area contributed by atoms with Crippen LogP contribution in [0.2, 0.25) is 0 Å². The molecule has 6 nitrogen and oxygen atoms in total. The van der Waals surface area contributed by atoms with Crippen molar-refractivity contribution in [2.75, 3.05) is 6.61 Å². The maximum atomic E-state index is 13.2. The number of amides is 1. The van der Waals surface area contributed by atoms with E-state index in [9.17, 15) is 19.8 Å². The Morgan fingerprint density at radius 1 is 0.467 bits per heavy atom. The fourth-order valence-electron chi connectivity index (χ4n) is 8.49. The number of hydrogen-bond acceptors (Lipinski definition) is 5. The second kappa shape index (κ2) is 48.6. The molecule has 0 spiro atoms. The molecule has 0 fully saturated rings. The van der Waals surface area contributed by atoms with E-state index in [4.69, 9.17) is 4.74 Å². The third-order valence-corrected chi connectivity index (χ3v) is 12.6. The molecule has 3 unspecified atom stereocenters. The molecule has 0 radical (unpaired) electrons.